The van der Waals surface area contributed by atoms with Gasteiger partial charge in [-0.15, -0.1) is 0 Å². The Hall–Kier alpha value is -2.14. The van der Waals surface area contributed by atoms with Gasteiger partial charge in [-0.2, -0.15) is 5.10 Å². The Morgan fingerprint density at radius 1 is 1.35 bits per heavy atom. The highest BCUT2D eigenvalue weighted by molar-refractivity contribution is 5.94. The smallest absolute Gasteiger partial charge is 0.253 e. The van der Waals surface area contributed by atoms with E-state index in [4.69, 9.17) is 0 Å². The summed E-state index contributed by atoms with van der Waals surface area (Å²) >= 11 is 0. The molecule has 1 atom stereocenters. The van der Waals surface area contributed by atoms with Gasteiger partial charge in [0.1, 0.15) is 0 Å². The maximum Gasteiger partial charge on any atom is 0.253 e. The average molecular weight is 312 g/mol. The van der Waals surface area contributed by atoms with Gasteiger partial charge in [0, 0.05) is 36.8 Å². The zero-order valence-corrected chi connectivity index (χ0v) is 14.0. The van der Waals surface area contributed by atoms with Crippen molar-refractivity contribution in [2.45, 2.75) is 25.8 Å². The fraction of sp³-hybridized carbons (Fsp3) is 0.444. The lowest BCUT2D eigenvalue weighted by Gasteiger charge is -2.17. The monoisotopic (exact) mass is 312 g/mol. The van der Waals surface area contributed by atoms with Crippen LogP contribution in [0.15, 0.2) is 30.5 Å². The first kappa shape index (κ1) is 15.7. The number of nitrogens with zero attached hydrogens (tertiary/aromatic N) is 3. The van der Waals surface area contributed by atoms with E-state index in [2.05, 4.69) is 22.0 Å². The number of benzene rings is 1. The third kappa shape index (κ3) is 3.45. The average Bonchev–Trinajstić information content (AvgIpc) is 3.15. The fourth-order valence-corrected chi connectivity index (χ4v) is 3.25. The molecule has 1 aromatic heterocycles. The number of likely N-dealkylation sites (tertiary alicyclic amines) is 1. The van der Waals surface area contributed by atoms with E-state index in [-0.39, 0.29) is 5.91 Å². The number of aromatic amines is 1. The number of carbonyl (C=O) groups is 1. The van der Waals surface area contributed by atoms with Gasteiger partial charge in [0.25, 0.3) is 5.91 Å². The minimum Gasteiger partial charge on any atom is -0.338 e. The second kappa shape index (κ2) is 6.54. The number of hydrogen-bond acceptors (Lipinski definition) is 3. The number of aromatic nitrogens is 2. The van der Waals surface area contributed by atoms with E-state index < -0.39 is 0 Å². The van der Waals surface area contributed by atoms with E-state index in [0.29, 0.717) is 5.92 Å². The number of amides is 1. The SMILES string of the molecule is Cc1cn[nH]c1C1CCN(C(=O)c2ccc(CN(C)C)cc2)C1. The Labute approximate surface area is 137 Å². The Morgan fingerprint density at radius 3 is 2.70 bits per heavy atom. The predicted molar refractivity (Wildman–Crippen MR) is 90.4 cm³/mol. The van der Waals surface area contributed by atoms with E-state index in [9.17, 15) is 4.79 Å². The Balaban J connectivity index is 1.66. The second-order valence-electron chi connectivity index (χ2n) is 6.64. The molecule has 1 saturated heterocycles. The molecule has 2 aromatic rings. The van der Waals surface area contributed by atoms with Gasteiger partial charge in [0.05, 0.1) is 6.20 Å². The van der Waals surface area contributed by atoms with E-state index in [1.807, 2.05) is 49.5 Å². The Kier molecular flexibility index (Phi) is 4.48. The summed E-state index contributed by atoms with van der Waals surface area (Å²) in [4.78, 5) is 16.7. The van der Waals surface area contributed by atoms with E-state index in [0.717, 1.165) is 31.6 Å². The maximum absolute atomic E-state index is 12.7. The fourth-order valence-electron chi connectivity index (χ4n) is 3.25. The quantitative estimate of drug-likeness (QED) is 0.943. The molecule has 23 heavy (non-hydrogen) atoms. The van der Waals surface area contributed by atoms with Crippen LogP contribution in [0, 0.1) is 6.92 Å². The van der Waals surface area contributed by atoms with Gasteiger partial charge in [-0.1, -0.05) is 12.1 Å². The lowest BCUT2D eigenvalue weighted by Crippen LogP contribution is -2.28. The summed E-state index contributed by atoms with van der Waals surface area (Å²) in [5, 5.41) is 7.17. The number of hydrogen-bond donors (Lipinski definition) is 1. The zero-order valence-electron chi connectivity index (χ0n) is 14.0. The van der Waals surface area contributed by atoms with Crippen LogP contribution < -0.4 is 0 Å². The molecule has 1 aliphatic rings. The molecule has 3 rings (SSSR count). The maximum atomic E-state index is 12.7. The highest BCUT2D eigenvalue weighted by Gasteiger charge is 2.29. The molecule has 0 saturated carbocycles. The van der Waals surface area contributed by atoms with Crippen molar-refractivity contribution in [3.8, 4) is 0 Å². The van der Waals surface area contributed by atoms with Crippen LogP contribution in [0.3, 0.4) is 0 Å². The summed E-state index contributed by atoms with van der Waals surface area (Å²) in [6.07, 6.45) is 2.84. The molecular weight excluding hydrogens is 288 g/mol. The van der Waals surface area contributed by atoms with E-state index in [1.54, 1.807) is 0 Å². The third-order valence-electron chi connectivity index (χ3n) is 4.45. The molecule has 1 fully saturated rings. The highest BCUT2D eigenvalue weighted by Crippen LogP contribution is 2.28. The standard InChI is InChI=1S/C18H24N4O/c1-13-10-19-20-17(13)16-8-9-22(12-16)18(23)15-6-4-14(5-7-15)11-21(2)3/h4-7,10,16H,8-9,11-12H2,1-3H3,(H,19,20). The van der Waals surface area contributed by atoms with Crippen LogP contribution in [-0.4, -0.2) is 53.1 Å². The van der Waals surface area contributed by atoms with Crippen LogP contribution in [0.1, 0.15) is 39.5 Å². The van der Waals surface area contributed by atoms with Crippen LogP contribution in [-0.2, 0) is 6.54 Å². The number of aryl methyl sites for hydroxylation is 1. The Morgan fingerprint density at radius 2 is 2.09 bits per heavy atom. The van der Waals surface area contributed by atoms with Gasteiger partial charge in [-0.25, -0.2) is 0 Å². The van der Waals surface area contributed by atoms with Crippen molar-refractivity contribution in [1.82, 2.24) is 20.0 Å². The first-order valence-electron chi connectivity index (χ1n) is 8.07. The molecule has 5 nitrogen and oxygen atoms in total. The van der Waals surface area contributed by atoms with Gasteiger partial charge in [-0.05, 0) is 50.7 Å². The zero-order chi connectivity index (χ0) is 16.4. The van der Waals surface area contributed by atoms with Crippen molar-refractivity contribution < 1.29 is 4.79 Å². The summed E-state index contributed by atoms with van der Waals surface area (Å²) in [6.45, 7) is 4.52. The highest BCUT2D eigenvalue weighted by atomic mass is 16.2. The van der Waals surface area contributed by atoms with Crippen LogP contribution >= 0.6 is 0 Å². The van der Waals surface area contributed by atoms with E-state index >= 15 is 0 Å². The molecule has 122 valence electrons. The molecule has 5 heteroatoms. The van der Waals surface area contributed by atoms with Crippen LogP contribution in [0.2, 0.25) is 0 Å². The van der Waals surface area contributed by atoms with Crippen molar-refractivity contribution in [2.75, 3.05) is 27.2 Å². The van der Waals surface area contributed by atoms with Gasteiger partial charge in [-0.3, -0.25) is 9.89 Å². The second-order valence-corrected chi connectivity index (χ2v) is 6.64. The van der Waals surface area contributed by atoms with Gasteiger partial charge in [0.2, 0.25) is 0 Å². The number of nitrogens with one attached hydrogen (secondary N) is 1. The largest absolute Gasteiger partial charge is 0.338 e. The molecule has 0 aliphatic carbocycles. The summed E-state index contributed by atoms with van der Waals surface area (Å²) in [6, 6.07) is 7.96. The van der Waals surface area contributed by atoms with Crippen LogP contribution in [0.5, 0.6) is 0 Å². The molecule has 1 N–H and O–H groups in total. The van der Waals surface area contributed by atoms with Crippen molar-refractivity contribution in [3.05, 3.63) is 52.8 Å². The molecule has 0 radical (unpaired) electrons. The van der Waals surface area contributed by atoms with Crippen molar-refractivity contribution in [2.24, 2.45) is 0 Å². The molecule has 2 heterocycles. The minimum atomic E-state index is 0.126. The molecule has 1 amide bonds. The number of H-pyrrole nitrogens is 1. The van der Waals surface area contributed by atoms with Crippen molar-refractivity contribution in [1.29, 1.82) is 0 Å². The summed E-state index contributed by atoms with van der Waals surface area (Å²) in [5.41, 5.74) is 4.34. The topological polar surface area (TPSA) is 52.2 Å². The van der Waals surface area contributed by atoms with Crippen LogP contribution in [0.25, 0.3) is 0 Å². The normalized spacial score (nSPS) is 17.9. The third-order valence-corrected chi connectivity index (χ3v) is 4.45. The predicted octanol–water partition coefficient (Wildman–Crippen LogP) is 2.41. The Bertz CT molecular complexity index is 675. The summed E-state index contributed by atoms with van der Waals surface area (Å²) in [5.74, 6) is 0.496. The van der Waals surface area contributed by atoms with Gasteiger partial charge >= 0.3 is 0 Å². The lowest BCUT2D eigenvalue weighted by molar-refractivity contribution is 0.0790. The van der Waals surface area contributed by atoms with E-state index in [1.165, 1.54) is 16.8 Å². The van der Waals surface area contributed by atoms with Crippen molar-refractivity contribution >= 4 is 5.91 Å². The first-order valence-corrected chi connectivity index (χ1v) is 8.07. The van der Waals surface area contributed by atoms with Gasteiger partial charge in [0.15, 0.2) is 0 Å². The van der Waals surface area contributed by atoms with Gasteiger partial charge < -0.3 is 9.80 Å². The summed E-state index contributed by atoms with van der Waals surface area (Å²) in [7, 11) is 4.09. The molecule has 1 unspecified atom stereocenters. The molecular formula is C18H24N4O. The lowest BCUT2D eigenvalue weighted by atomic mass is 10.0. The van der Waals surface area contributed by atoms with Crippen LogP contribution in [0.4, 0.5) is 0 Å². The minimum absolute atomic E-state index is 0.126. The molecule has 0 spiro atoms. The first-order chi connectivity index (χ1) is 11.0. The molecule has 0 bridgehead atoms. The molecule has 1 aliphatic heterocycles. The van der Waals surface area contributed by atoms with Crippen molar-refractivity contribution in [3.63, 3.8) is 0 Å². The molecule has 1 aromatic carbocycles. The number of rotatable bonds is 4. The summed E-state index contributed by atoms with van der Waals surface area (Å²) < 4.78 is 0. The number of carbonyl (C=O) groups excluding carboxylic acids is 1.